The van der Waals surface area contributed by atoms with Crippen LogP contribution >= 0.6 is 0 Å². The minimum atomic E-state index is -0.646. The van der Waals surface area contributed by atoms with Crippen molar-refractivity contribution in [1.29, 1.82) is 0 Å². The number of carbonyl (C=O) groups excluding carboxylic acids is 3. The van der Waals surface area contributed by atoms with Crippen LogP contribution < -0.4 is 10.6 Å². The fourth-order valence-electron chi connectivity index (χ4n) is 4.94. The summed E-state index contributed by atoms with van der Waals surface area (Å²) in [5, 5.41) is 5.88. The van der Waals surface area contributed by atoms with E-state index in [2.05, 4.69) is 10.6 Å². The molecule has 2 aliphatic heterocycles. The zero-order chi connectivity index (χ0) is 27.2. The number of ether oxygens (including phenoxy) is 1. The number of likely N-dealkylation sites (tertiary alicyclic amines) is 1. The Kier molecular flexibility index (Phi) is 9.22. The fraction of sp³-hybridized carbons (Fsp3) is 0.483. The molecule has 2 atom stereocenters. The number of nitrogens with one attached hydrogen (secondary N) is 2. The first kappa shape index (κ1) is 27.9. The van der Waals surface area contributed by atoms with Gasteiger partial charge in [0.05, 0.1) is 25.8 Å². The van der Waals surface area contributed by atoms with E-state index >= 15 is 0 Å². The summed E-state index contributed by atoms with van der Waals surface area (Å²) in [7, 11) is 0. The van der Waals surface area contributed by atoms with Crippen LogP contribution in [0, 0.1) is 23.5 Å². The van der Waals surface area contributed by atoms with E-state index in [4.69, 9.17) is 4.74 Å². The fourth-order valence-corrected chi connectivity index (χ4v) is 4.94. The largest absolute Gasteiger partial charge is 0.380 e. The standard InChI is InChI=1S/C29H35F2N3O4/c1-18(2)28(36)27(23-16-38-17-23)33-29(37)20-6-3-5-19(11-20)22-7-4-10-34(15-22)26(35)14-32-13-21-8-9-24(30)12-25(21)31/h3,5-6,8-9,11-12,18,22-23,27,32H,4,7,10,13-17H2,1-2H3,(H,33,37). The lowest BCUT2D eigenvalue weighted by atomic mass is 9.88. The lowest BCUT2D eigenvalue weighted by Gasteiger charge is -2.34. The van der Waals surface area contributed by atoms with Gasteiger partial charge in [0.1, 0.15) is 11.6 Å². The van der Waals surface area contributed by atoms with Crippen molar-refractivity contribution in [3.8, 4) is 0 Å². The molecule has 7 nitrogen and oxygen atoms in total. The van der Waals surface area contributed by atoms with Gasteiger partial charge in [-0.05, 0) is 36.6 Å². The Labute approximate surface area is 221 Å². The van der Waals surface area contributed by atoms with Crippen LogP contribution in [0.3, 0.4) is 0 Å². The van der Waals surface area contributed by atoms with Gasteiger partial charge in [0.2, 0.25) is 5.91 Å². The molecule has 0 spiro atoms. The highest BCUT2D eigenvalue weighted by atomic mass is 19.1. The first-order valence-corrected chi connectivity index (χ1v) is 13.2. The third kappa shape index (κ3) is 6.82. The molecule has 0 aromatic heterocycles. The summed E-state index contributed by atoms with van der Waals surface area (Å²) in [6, 6.07) is 10.2. The highest BCUT2D eigenvalue weighted by Gasteiger charge is 2.36. The smallest absolute Gasteiger partial charge is 0.251 e. The molecule has 0 bridgehead atoms. The Bertz CT molecular complexity index is 1170. The van der Waals surface area contributed by atoms with Gasteiger partial charge in [-0.3, -0.25) is 14.4 Å². The van der Waals surface area contributed by atoms with Gasteiger partial charge in [-0.2, -0.15) is 0 Å². The van der Waals surface area contributed by atoms with Gasteiger partial charge < -0.3 is 20.3 Å². The Morgan fingerprint density at radius 3 is 2.58 bits per heavy atom. The molecule has 38 heavy (non-hydrogen) atoms. The van der Waals surface area contributed by atoms with Crippen LogP contribution in [0.15, 0.2) is 42.5 Å². The van der Waals surface area contributed by atoms with Crippen LogP contribution in [0.2, 0.25) is 0 Å². The second kappa shape index (κ2) is 12.6. The highest BCUT2D eigenvalue weighted by Crippen LogP contribution is 2.28. The Morgan fingerprint density at radius 1 is 1.11 bits per heavy atom. The second-order valence-electron chi connectivity index (χ2n) is 10.4. The highest BCUT2D eigenvalue weighted by molar-refractivity contribution is 5.98. The molecule has 2 unspecified atom stereocenters. The molecule has 2 amide bonds. The predicted molar refractivity (Wildman–Crippen MR) is 138 cm³/mol. The van der Waals surface area contributed by atoms with Gasteiger partial charge >= 0.3 is 0 Å². The predicted octanol–water partition coefficient (Wildman–Crippen LogP) is 3.43. The van der Waals surface area contributed by atoms with Gasteiger partial charge in [0, 0.05) is 54.6 Å². The molecule has 0 aliphatic carbocycles. The van der Waals surface area contributed by atoms with Crippen molar-refractivity contribution in [3.63, 3.8) is 0 Å². The number of hydrogen-bond donors (Lipinski definition) is 2. The third-order valence-corrected chi connectivity index (χ3v) is 7.30. The van der Waals surface area contributed by atoms with E-state index in [1.165, 1.54) is 12.1 Å². The van der Waals surface area contributed by atoms with Crippen LogP contribution in [0.25, 0.3) is 0 Å². The monoisotopic (exact) mass is 527 g/mol. The number of rotatable bonds is 10. The van der Waals surface area contributed by atoms with Gasteiger partial charge in [-0.15, -0.1) is 0 Å². The quantitative estimate of drug-likeness (QED) is 0.495. The van der Waals surface area contributed by atoms with Crippen LogP contribution in [0.5, 0.6) is 0 Å². The lowest BCUT2D eigenvalue weighted by molar-refractivity contribution is -0.132. The average molecular weight is 528 g/mol. The molecule has 204 valence electrons. The maximum Gasteiger partial charge on any atom is 0.251 e. The summed E-state index contributed by atoms with van der Waals surface area (Å²) >= 11 is 0. The van der Waals surface area contributed by atoms with Crippen LogP contribution in [0.1, 0.15) is 54.1 Å². The van der Waals surface area contributed by atoms with E-state index in [9.17, 15) is 23.2 Å². The van der Waals surface area contributed by atoms with Crippen LogP contribution in [-0.2, 0) is 20.9 Å². The Balaban J connectivity index is 1.34. The molecule has 2 heterocycles. The molecule has 2 aromatic carbocycles. The lowest BCUT2D eigenvalue weighted by Crippen LogP contribution is -2.53. The number of piperidine rings is 1. The van der Waals surface area contributed by atoms with Crippen molar-refractivity contribution < 1.29 is 27.9 Å². The van der Waals surface area contributed by atoms with Gasteiger partial charge in [0.25, 0.3) is 5.91 Å². The van der Waals surface area contributed by atoms with E-state index in [1.54, 1.807) is 11.0 Å². The second-order valence-corrected chi connectivity index (χ2v) is 10.4. The van der Waals surface area contributed by atoms with E-state index in [0.29, 0.717) is 37.4 Å². The van der Waals surface area contributed by atoms with Crippen molar-refractivity contribution in [2.45, 2.75) is 45.2 Å². The molecule has 2 fully saturated rings. The number of ketones is 1. The van der Waals surface area contributed by atoms with E-state index in [1.807, 2.05) is 32.0 Å². The third-order valence-electron chi connectivity index (χ3n) is 7.30. The summed E-state index contributed by atoms with van der Waals surface area (Å²) in [4.78, 5) is 40.4. The SMILES string of the molecule is CC(C)C(=O)C(NC(=O)c1cccc(C2CCCN(C(=O)CNCc3ccc(F)cc3F)C2)c1)C1COC1. The summed E-state index contributed by atoms with van der Waals surface area (Å²) < 4.78 is 32.2. The molecule has 0 radical (unpaired) electrons. The van der Waals surface area contributed by atoms with Gasteiger partial charge in [-0.1, -0.05) is 32.0 Å². The number of benzene rings is 2. The number of carbonyl (C=O) groups is 3. The normalized spacial score (nSPS) is 18.7. The van der Waals surface area contributed by atoms with E-state index in [0.717, 1.165) is 24.5 Å². The van der Waals surface area contributed by atoms with Crippen molar-refractivity contribution in [3.05, 3.63) is 70.8 Å². The summed E-state index contributed by atoms with van der Waals surface area (Å²) in [6.07, 6.45) is 1.71. The van der Waals surface area contributed by atoms with Crippen molar-refractivity contribution in [2.75, 3.05) is 32.8 Å². The van der Waals surface area contributed by atoms with Crippen LogP contribution in [-0.4, -0.2) is 61.4 Å². The molecular weight excluding hydrogens is 492 g/mol. The first-order chi connectivity index (χ1) is 18.2. The molecule has 2 aromatic rings. The minimum Gasteiger partial charge on any atom is -0.380 e. The number of Topliss-reactive ketones (excluding diaryl/α,β-unsaturated/α-hetero) is 1. The zero-order valence-electron chi connectivity index (χ0n) is 21.8. The zero-order valence-corrected chi connectivity index (χ0v) is 21.8. The number of halogens is 2. The first-order valence-electron chi connectivity index (χ1n) is 13.2. The van der Waals surface area contributed by atoms with Crippen LogP contribution in [0.4, 0.5) is 8.78 Å². The minimum absolute atomic E-state index is 0.0000141. The molecule has 4 rings (SSSR count). The molecule has 2 saturated heterocycles. The maximum absolute atomic E-state index is 13.8. The van der Waals surface area contributed by atoms with Crippen molar-refractivity contribution in [1.82, 2.24) is 15.5 Å². The number of nitrogens with zero attached hydrogens (tertiary/aromatic N) is 1. The summed E-state index contributed by atoms with van der Waals surface area (Å²) in [6.45, 7) is 5.89. The van der Waals surface area contributed by atoms with Gasteiger partial charge in [-0.25, -0.2) is 8.78 Å². The maximum atomic E-state index is 13.8. The molecule has 2 N–H and O–H groups in total. The molecule has 0 saturated carbocycles. The van der Waals surface area contributed by atoms with E-state index in [-0.39, 0.29) is 48.4 Å². The summed E-state index contributed by atoms with van der Waals surface area (Å²) in [5.41, 5.74) is 1.75. The number of hydrogen-bond acceptors (Lipinski definition) is 5. The van der Waals surface area contributed by atoms with Crippen molar-refractivity contribution >= 4 is 17.6 Å². The molecular formula is C29H35F2N3O4. The topological polar surface area (TPSA) is 87.7 Å². The summed E-state index contributed by atoms with van der Waals surface area (Å²) in [5.74, 6) is -1.80. The average Bonchev–Trinajstić information content (AvgIpc) is 2.88. The molecule has 9 heteroatoms. The van der Waals surface area contributed by atoms with Crippen molar-refractivity contribution in [2.24, 2.45) is 11.8 Å². The van der Waals surface area contributed by atoms with E-state index < -0.39 is 17.7 Å². The molecule has 2 aliphatic rings. The number of amides is 2. The van der Waals surface area contributed by atoms with Gasteiger partial charge in [0.15, 0.2) is 5.78 Å². The Hall–Kier alpha value is -3.17. The Morgan fingerprint density at radius 2 is 1.89 bits per heavy atom.